The first-order chi connectivity index (χ1) is 9.43. The monoisotopic (exact) mass is 326 g/mol. The SMILES string of the molecule is Br.c1ccc(C2=NCCn3ccc4cccc2c43)cc1. The molecule has 0 N–H and O–H groups in total. The number of rotatable bonds is 1. The Labute approximate surface area is 128 Å². The van der Waals surface area contributed by atoms with E-state index in [-0.39, 0.29) is 17.0 Å². The summed E-state index contributed by atoms with van der Waals surface area (Å²) in [5.41, 5.74) is 4.86. The predicted molar refractivity (Wildman–Crippen MR) is 89.2 cm³/mol. The van der Waals surface area contributed by atoms with Gasteiger partial charge < -0.3 is 4.57 Å². The van der Waals surface area contributed by atoms with Crippen molar-refractivity contribution in [2.75, 3.05) is 6.54 Å². The highest BCUT2D eigenvalue weighted by molar-refractivity contribution is 8.93. The van der Waals surface area contributed by atoms with Gasteiger partial charge in [0.15, 0.2) is 0 Å². The average molecular weight is 327 g/mol. The van der Waals surface area contributed by atoms with Crippen molar-refractivity contribution in [1.82, 2.24) is 4.57 Å². The number of hydrogen-bond donors (Lipinski definition) is 0. The van der Waals surface area contributed by atoms with Gasteiger partial charge in [0.05, 0.1) is 17.8 Å². The average Bonchev–Trinajstić information content (AvgIpc) is 2.78. The van der Waals surface area contributed by atoms with Gasteiger partial charge in [0.25, 0.3) is 0 Å². The molecule has 2 aromatic carbocycles. The number of benzene rings is 2. The molecule has 0 spiro atoms. The minimum Gasteiger partial charge on any atom is -0.345 e. The van der Waals surface area contributed by atoms with Crippen LogP contribution >= 0.6 is 17.0 Å². The van der Waals surface area contributed by atoms with E-state index in [9.17, 15) is 0 Å². The summed E-state index contributed by atoms with van der Waals surface area (Å²) in [4.78, 5) is 4.80. The molecule has 20 heavy (non-hydrogen) atoms. The van der Waals surface area contributed by atoms with Gasteiger partial charge in [-0.1, -0.05) is 48.5 Å². The number of halogens is 1. The molecular formula is C17H15BrN2. The molecule has 100 valence electrons. The quantitative estimate of drug-likeness (QED) is 0.641. The lowest BCUT2D eigenvalue weighted by Crippen LogP contribution is -2.03. The van der Waals surface area contributed by atoms with Gasteiger partial charge >= 0.3 is 0 Å². The molecule has 2 nitrogen and oxygen atoms in total. The summed E-state index contributed by atoms with van der Waals surface area (Å²) in [5, 5.41) is 1.29. The minimum atomic E-state index is 0. The zero-order valence-corrected chi connectivity index (χ0v) is 12.7. The Hall–Kier alpha value is -1.87. The maximum Gasteiger partial charge on any atom is 0.0740 e. The summed E-state index contributed by atoms with van der Waals surface area (Å²) >= 11 is 0. The summed E-state index contributed by atoms with van der Waals surface area (Å²) in [7, 11) is 0. The predicted octanol–water partition coefficient (Wildman–Crippen LogP) is 4.07. The van der Waals surface area contributed by atoms with Crippen LogP contribution in [0.5, 0.6) is 0 Å². The highest BCUT2D eigenvalue weighted by Crippen LogP contribution is 2.25. The van der Waals surface area contributed by atoms with Crippen LogP contribution in [0.4, 0.5) is 0 Å². The molecule has 0 unspecified atom stereocenters. The van der Waals surface area contributed by atoms with E-state index in [0.29, 0.717) is 0 Å². The van der Waals surface area contributed by atoms with E-state index in [0.717, 1.165) is 18.8 Å². The van der Waals surface area contributed by atoms with Crippen molar-refractivity contribution >= 4 is 33.6 Å². The summed E-state index contributed by atoms with van der Waals surface area (Å²) in [6, 6.07) is 19.1. The van der Waals surface area contributed by atoms with Gasteiger partial charge in [0, 0.05) is 29.3 Å². The summed E-state index contributed by atoms with van der Waals surface area (Å²) in [6.45, 7) is 1.79. The Balaban J connectivity index is 0.00000121. The molecule has 1 aliphatic rings. The van der Waals surface area contributed by atoms with Gasteiger partial charge in [-0.05, 0) is 6.07 Å². The zero-order valence-electron chi connectivity index (χ0n) is 11.0. The molecule has 0 amide bonds. The zero-order chi connectivity index (χ0) is 12.7. The smallest absolute Gasteiger partial charge is 0.0740 e. The van der Waals surface area contributed by atoms with Crippen LogP contribution in [0.15, 0.2) is 65.8 Å². The molecule has 0 atom stereocenters. The highest BCUT2D eigenvalue weighted by atomic mass is 79.9. The number of aliphatic imine (C=N–C) groups is 1. The van der Waals surface area contributed by atoms with Crippen molar-refractivity contribution in [2.24, 2.45) is 4.99 Å². The van der Waals surface area contributed by atoms with E-state index < -0.39 is 0 Å². The van der Waals surface area contributed by atoms with Crippen molar-refractivity contribution in [2.45, 2.75) is 6.54 Å². The first-order valence-electron chi connectivity index (χ1n) is 6.61. The first-order valence-corrected chi connectivity index (χ1v) is 6.61. The molecule has 3 heteroatoms. The van der Waals surface area contributed by atoms with Crippen molar-refractivity contribution in [3.8, 4) is 0 Å². The summed E-state index contributed by atoms with van der Waals surface area (Å²) in [5.74, 6) is 0. The van der Waals surface area contributed by atoms with Crippen LogP contribution in [-0.4, -0.2) is 16.8 Å². The van der Waals surface area contributed by atoms with E-state index in [1.807, 2.05) is 6.07 Å². The first kappa shape index (κ1) is 13.1. The Kier molecular flexibility index (Phi) is 3.45. The molecule has 0 aliphatic carbocycles. The van der Waals surface area contributed by atoms with Crippen molar-refractivity contribution in [1.29, 1.82) is 0 Å². The van der Waals surface area contributed by atoms with Gasteiger partial charge in [-0.25, -0.2) is 0 Å². The van der Waals surface area contributed by atoms with Crippen LogP contribution < -0.4 is 0 Å². The Morgan fingerprint density at radius 2 is 1.75 bits per heavy atom. The second-order valence-electron chi connectivity index (χ2n) is 4.85. The highest BCUT2D eigenvalue weighted by Gasteiger charge is 2.15. The molecule has 1 aromatic heterocycles. The number of para-hydroxylation sites is 1. The number of nitrogens with zero attached hydrogens (tertiary/aromatic N) is 2. The molecule has 1 aliphatic heterocycles. The largest absolute Gasteiger partial charge is 0.345 e. The molecule has 0 bridgehead atoms. The third-order valence-corrected chi connectivity index (χ3v) is 3.70. The Morgan fingerprint density at radius 3 is 2.60 bits per heavy atom. The third kappa shape index (κ3) is 1.98. The maximum absolute atomic E-state index is 4.80. The van der Waals surface area contributed by atoms with Crippen LogP contribution in [0, 0.1) is 0 Å². The molecule has 3 aromatic rings. The topological polar surface area (TPSA) is 17.3 Å². The van der Waals surface area contributed by atoms with Crippen LogP contribution in [-0.2, 0) is 6.54 Å². The lowest BCUT2D eigenvalue weighted by Gasteiger charge is -2.08. The minimum absolute atomic E-state index is 0. The summed E-state index contributed by atoms with van der Waals surface area (Å²) in [6.07, 6.45) is 2.16. The Morgan fingerprint density at radius 1 is 0.900 bits per heavy atom. The fourth-order valence-electron chi connectivity index (χ4n) is 2.84. The summed E-state index contributed by atoms with van der Waals surface area (Å²) < 4.78 is 2.31. The van der Waals surface area contributed by atoms with Crippen molar-refractivity contribution in [3.05, 3.63) is 71.9 Å². The number of aromatic nitrogens is 1. The second kappa shape index (κ2) is 5.25. The van der Waals surface area contributed by atoms with Gasteiger partial charge in [-0.2, -0.15) is 0 Å². The fraction of sp³-hybridized carbons (Fsp3) is 0.118. The Bertz CT molecular complexity index is 772. The van der Waals surface area contributed by atoms with E-state index >= 15 is 0 Å². The van der Waals surface area contributed by atoms with Crippen LogP contribution in [0.25, 0.3) is 10.9 Å². The van der Waals surface area contributed by atoms with E-state index in [4.69, 9.17) is 4.99 Å². The van der Waals surface area contributed by atoms with Crippen LogP contribution in [0.1, 0.15) is 11.1 Å². The van der Waals surface area contributed by atoms with E-state index in [1.165, 1.54) is 22.0 Å². The lowest BCUT2D eigenvalue weighted by atomic mass is 10.0. The molecule has 2 heterocycles. The van der Waals surface area contributed by atoms with Crippen LogP contribution in [0.3, 0.4) is 0 Å². The maximum atomic E-state index is 4.80. The molecule has 0 saturated heterocycles. The van der Waals surface area contributed by atoms with Gasteiger partial charge in [-0.3, -0.25) is 4.99 Å². The number of hydrogen-bond acceptors (Lipinski definition) is 1. The van der Waals surface area contributed by atoms with Gasteiger partial charge in [0.1, 0.15) is 0 Å². The standard InChI is InChI=1S/C17H14N2.BrH/c1-2-5-13(6-3-1)16-15-8-4-7-14-9-11-19(17(14)15)12-10-18-16;/h1-9,11H,10,12H2;1H. The fourth-order valence-corrected chi connectivity index (χ4v) is 2.84. The molecule has 4 rings (SSSR count). The van der Waals surface area contributed by atoms with Gasteiger partial charge in [0.2, 0.25) is 0 Å². The van der Waals surface area contributed by atoms with E-state index in [2.05, 4.69) is 59.3 Å². The molecule has 0 saturated carbocycles. The molecule has 0 radical (unpaired) electrons. The lowest BCUT2D eigenvalue weighted by molar-refractivity contribution is 0.742. The molecule has 0 fully saturated rings. The second-order valence-corrected chi connectivity index (χ2v) is 4.85. The normalized spacial score (nSPS) is 13.5. The van der Waals surface area contributed by atoms with Crippen LogP contribution in [0.2, 0.25) is 0 Å². The molecular weight excluding hydrogens is 312 g/mol. The third-order valence-electron chi connectivity index (χ3n) is 3.70. The van der Waals surface area contributed by atoms with Crippen molar-refractivity contribution in [3.63, 3.8) is 0 Å². The van der Waals surface area contributed by atoms with Gasteiger partial charge in [-0.15, -0.1) is 17.0 Å². The van der Waals surface area contributed by atoms with E-state index in [1.54, 1.807) is 0 Å². The van der Waals surface area contributed by atoms with Crippen molar-refractivity contribution < 1.29 is 0 Å².